The van der Waals surface area contributed by atoms with Gasteiger partial charge >= 0.3 is 0 Å². The number of nitrogens with one attached hydrogen (secondary N) is 1. The summed E-state index contributed by atoms with van der Waals surface area (Å²) in [4.78, 5) is 12.1. The fraction of sp³-hybridized carbons (Fsp3) is 0.235. The zero-order valence-corrected chi connectivity index (χ0v) is 12.1. The quantitative estimate of drug-likeness (QED) is 0.843. The summed E-state index contributed by atoms with van der Waals surface area (Å²) in [7, 11) is 1.59. The third-order valence-corrected chi connectivity index (χ3v) is 3.07. The van der Waals surface area contributed by atoms with E-state index in [0.29, 0.717) is 11.3 Å². The van der Waals surface area contributed by atoms with E-state index in [0.717, 1.165) is 5.69 Å². The molecule has 0 unspecified atom stereocenters. The second kappa shape index (κ2) is 6.24. The molecule has 0 atom stereocenters. The smallest absolute Gasteiger partial charge is 0.181 e. The molecule has 0 aliphatic rings. The molecule has 0 spiro atoms. The van der Waals surface area contributed by atoms with Gasteiger partial charge in [0, 0.05) is 11.3 Å². The van der Waals surface area contributed by atoms with Gasteiger partial charge in [0.15, 0.2) is 5.78 Å². The van der Waals surface area contributed by atoms with Crippen LogP contribution < -0.4 is 10.1 Å². The minimum atomic E-state index is 0.0445. The van der Waals surface area contributed by atoms with E-state index in [2.05, 4.69) is 11.4 Å². The molecular formula is C17H19NO2. The highest BCUT2D eigenvalue weighted by molar-refractivity contribution is 5.99. The van der Waals surface area contributed by atoms with Crippen LogP contribution in [0, 0.1) is 13.8 Å². The monoisotopic (exact) mass is 269 g/mol. The van der Waals surface area contributed by atoms with Gasteiger partial charge in [0.1, 0.15) is 5.75 Å². The number of anilines is 1. The number of Topliss-reactive ketones (excluding diaryl/α,β-unsaturated/α-hetero) is 1. The van der Waals surface area contributed by atoms with Crippen molar-refractivity contribution in [3.63, 3.8) is 0 Å². The van der Waals surface area contributed by atoms with Crippen molar-refractivity contribution in [1.29, 1.82) is 0 Å². The number of carbonyl (C=O) groups excluding carboxylic acids is 1. The van der Waals surface area contributed by atoms with Crippen molar-refractivity contribution in [2.24, 2.45) is 0 Å². The molecule has 0 saturated carbocycles. The summed E-state index contributed by atoms with van der Waals surface area (Å²) in [5.74, 6) is 0.741. The molecule has 104 valence electrons. The molecule has 3 nitrogen and oxygen atoms in total. The zero-order valence-electron chi connectivity index (χ0n) is 12.1. The molecule has 0 aliphatic heterocycles. The van der Waals surface area contributed by atoms with Gasteiger partial charge in [-0.1, -0.05) is 18.2 Å². The highest BCUT2D eigenvalue weighted by Crippen LogP contribution is 2.15. The molecule has 0 fully saturated rings. The number of carbonyl (C=O) groups is 1. The van der Waals surface area contributed by atoms with Crippen LogP contribution in [-0.2, 0) is 0 Å². The third-order valence-electron chi connectivity index (χ3n) is 3.07. The topological polar surface area (TPSA) is 38.3 Å². The molecule has 20 heavy (non-hydrogen) atoms. The Morgan fingerprint density at radius 1 is 1.10 bits per heavy atom. The maximum atomic E-state index is 12.1. The molecule has 0 aliphatic carbocycles. The van der Waals surface area contributed by atoms with E-state index >= 15 is 0 Å². The van der Waals surface area contributed by atoms with Crippen LogP contribution in [0.25, 0.3) is 0 Å². The third kappa shape index (κ3) is 3.60. The first-order valence-electron chi connectivity index (χ1n) is 6.58. The van der Waals surface area contributed by atoms with Gasteiger partial charge < -0.3 is 10.1 Å². The lowest BCUT2D eigenvalue weighted by Gasteiger charge is -2.09. The minimum Gasteiger partial charge on any atom is -0.497 e. The Hall–Kier alpha value is -2.29. The number of aryl methyl sites for hydroxylation is 2. The molecule has 3 heteroatoms. The fourth-order valence-corrected chi connectivity index (χ4v) is 2.16. The first-order chi connectivity index (χ1) is 9.58. The summed E-state index contributed by atoms with van der Waals surface area (Å²) in [6.45, 7) is 4.36. The average molecular weight is 269 g/mol. The molecule has 0 radical (unpaired) electrons. The van der Waals surface area contributed by atoms with Gasteiger partial charge in [-0.25, -0.2) is 0 Å². The van der Waals surface area contributed by atoms with E-state index < -0.39 is 0 Å². The van der Waals surface area contributed by atoms with Crippen molar-refractivity contribution < 1.29 is 9.53 Å². The Labute approximate surface area is 119 Å². The van der Waals surface area contributed by atoms with Gasteiger partial charge in [-0.05, 0) is 49.2 Å². The highest BCUT2D eigenvalue weighted by atomic mass is 16.5. The van der Waals surface area contributed by atoms with E-state index in [9.17, 15) is 4.79 Å². The van der Waals surface area contributed by atoms with Gasteiger partial charge in [0.25, 0.3) is 0 Å². The maximum Gasteiger partial charge on any atom is 0.181 e. The van der Waals surface area contributed by atoms with Crippen molar-refractivity contribution in [3.8, 4) is 5.75 Å². The number of ketones is 1. The summed E-state index contributed by atoms with van der Waals surface area (Å²) >= 11 is 0. The Morgan fingerprint density at radius 2 is 1.80 bits per heavy atom. The van der Waals surface area contributed by atoms with Crippen LogP contribution in [0.4, 0.5) is 5.69 Å². The predicted molar refractivity (Wildman–Crippen MR) is 81.7 cm³/mol. The number of methoxy groups -OCH3 is 1. The molecule has 2 aromatic carbocycles. The fourth-order valence-electron chi connectivity index (χ4n) is 2.16. The Kier molecular flexibility index (Phi) is 4.41. The van der Waals surface area contributed by atoms with Gasteiger partial charge in [-0.2, -0.15) is 0 Å². The number of hydrogen-bond acceptors (Lipinski definition) is 3. The average Bonchev–Trinajstić information content (AvgIpc) is 2.44. The minimum absolute atomic E-state index is 0.0445. The van der Waals surface area contributed by atoms with Crippen molar-refractivity contribution in [3.05, 3.63) is 59.2 Å². The van der Waals surface area contributed by atoms with Crippen molar-refractivity contribution in [2.45, 2.75) is 13.8 Å². The largest absolute Gasteiger partial charge is 0.497 e. The summed E-state index contributed by atoms with van der Waals surface area (Å²) in [5.41, 5.74) is 3.99. The lowest BCUT2D eigenvalue weighted by Crippen LogP contribution is -2.14. The number of hydrogen-bond donors (Lipinski definition) is 1. The van der Waals surface area contributed by atoms with Gasteiger partial charge in [0.05, 0.1) is 13.7 Å². The van der Waals surface area contributed by atoms with E-state index in [1.165, 1.54) is 11.1 Å². The lowest BCUT2D eigenvalue weighted by atomic mass is 10.1. The van der Waals surface area contributed by atoms with Crippen molar-refractivity contribution >= 4 is 11.5 Å². The lowest BCUT2D eigenvalue weighted by molar-refractivity contribution is 0.101. The molecule has 1 N–H and O–H groups in total. The molecule has 0 amide bonds. The predicted octanol–water partition coefficient (Wildman–Crippen LogP) is 3.61. The van der Waals surface area contributed by atoms with E-state index in [-0.39, 0.29) is 12.3 Å². The van der Waals surface area contributed by atoms with Gasteiger partial charge in [0.2, 0.25) is 0 Å². The van der Waals surface area contributed by atoms with Crippen LogP contribution in [0.2, 0.25) is 0 Å². The van der Waals surface area contributed by atoms with Crippen LogP contribution in [0.1, 0.15) is 21.5 Å². The summed E-state index contributed by atoms with van der Waals surface area (Å²) < 4.78 is 5.13. The second-order valence-corrected chi connectivity index (χ2v) is 4.89. The molecule has 0 saturated heterocycles. The number of rotatable bonds is 5. The summed E-state index contributed by atoms with van der Waals surface area (Å²) in [6, 6.07) is 13.4. The highest BCUT2D eigenvalue weighted by Gasteiger charge is 2.07. The Bertz CT molecular complexity index is 600. The SMILES string of the molecule is COc1cccc(C(=O)CNc2cc(C)cc(C)c2)c1. The molecule has 2 rings (SSSR count). The molecule has 0 bridgehead atoms. The molecular weight excluding hydrogens is 250 g/mol. The van der Waals surface area contributed by atoms with Crippen LogP contribution in [0.15, 0.2) is 42.5 Å². The molecule has 2 aromatic rings. The van der Waals surface area contributed by atoms with E-state index in [4.69, 9.17) is 4.74 Å². The van der Waals surface area contributed by atoms with Crippen molar-refractivity contribution in [1.82, 2.24) is 0 Å². The van der Waals surface area contributed by atoms with Gasteiger partial charge in [-0.3, -0.25) is 4.79 Å². The van der Waals surface area contributed by atoms with E-state index in [1.54, 1.807) is 19.2 Å². The van der Waals surface area contributed by atoms with Crippen LogP contribution in [-0.4, -0.2) is 19.4 Å². The normalized spacial score (nSPS) is 10.2. The molecule has 0 heterocycles. The first kappa shape index (κ1) is 14.1. The van der Waals surface area contributed by atoms with Crippen LogP contribution in [0.5, 0.6) is 5.75 Å². The number of ether oxygens (including phenoxy) is 1. The van der Waals surface area contributed by atoms with Crippen molar-refractivity contribution in [2.75, 3.05) is 19.0 Å². The Morgan fingerprint density at radius 3 is 2.45 bits per heavy atom. The maximum absolute atomic E-state index is 12.1. The van der Waals surface area contributed by atoms with E-state index in [1.807, 2.05) is 38.1 Å². The van der Waals surface area contributed by atoms with Gasteiger partial charge in [-0.15, -0.1) is 0 Å². The summed E-state index contributed by atoms with van der Waals surface area (Å²) in [6.07, 6.45) is 0. The first-order valence-corrected chi connectivity index (χ1v) is 6.58. The number of benzene rings is 2. The standard InChI is InChI=1S/C17H19NO2/c1-12-7-13(2)9-15(8-12)18-11-17(19)14-5-4-6-16(10-14)20-3/h4-10,18H,11H2,1-3H3. The van der Waals surface area contributed by atoms with Crippen LogP contribution >= 0.6 is 0 Å². The molecule has 0 aromatic heterocycles. The Balaban J connectivity index is 2.04. The zero-order chi connectivity index (χ0) is 14.5. The van der Waals surface area contributed by atoms with Crippen LogP contribution in [0.3, 0.4) is 0 Å². The second-order valence-electron chi connectivity index (χ2n) is 4.89. The summed E-state index contributed by atoms with van der Waals surface area (Å²) in [5, 5.41) is 3.17.